The van der Waals surface area contributed by atoms with Gasteiger partial charge in [-0.3, -0.25) is 0 Å². The van der Waals surface area contributed by atoms with Gasteiger partial charge < -0.3 is 4.74 Å². The number of halogens is 2. The first-order valence-electron chi connectivity index (χ1n) is 5.69. The van der Waals surface area contributed by atoms with Gasteiger partial charge in [0, 0.05) is 21.7 Å². The zero-order valence-electron chi connectivity index (χ0n) is 9.46. The average molecular weight is 269 g/mol. The summed E-state index contributed by atoms with van der Waals surface area (Å²) >= 11 is 11.8. The molecule has 0 N–H and O–H groups in total. The van der Waals surface area contributed by atoms with Gasteiger partial charge in [-0.1, -0.05) is 35.9 Å². The number of hydrogen-bond donors (Lipinski definition) is 0. The molecule has 0 spiro atoms. The van der Waals surface area contributed by atoms with Gasteiger partial charge in [-0.15, -0.1) is 11.6 Å². The van der Waals surface area contributed by atoms with Crippen LogP contribution in [0.4, 0.5) is 0 Å². The van der Waals surface area contributed by atoms with Gasteiger partial charge >= 0.3 is 0 Å². The van der Waals surface area contributed by atoms with E-state index in [-0.39, 0.29) is 0 Å². The Balaban J connectivity index is 2.20. The van der Waals surface area contributed by atoms with E-state index in [1.807, 2.05) is 36.4 Å². The number of fused-ring (bicyclic) bond motifs is 1. The van der Waals surface area contributed by atoms with Crippen molar-refractivity contribution in [1.29, 1.82) is 0 Å². The first-order valence-corrected chi connectivity index (χ1v) is 6.60. The summed E-state index contributed by atoms with van der Waals surface area (Å²) in [6, 6.07) is 11.8. The summed E-state index contributed by atoms with van der Waals surface area (Å²) in [6.45, 7) is 0.693. The Hall–Kier alpha value is -0.920. The van der Waals surface area contributed by atoms with Crippen molar-refractivity contribution < 1.29 is 4.74 Å². The summed E-state index contributed by atoms with van der Waals surface area (Å²) in [5, 5.41) is 2.85. The molecule has 0 saturated heterocycles. The van der Waals surface area contributed by atoms with Crippen LogP contribution in [0.5, 0.6) is 5.75 Å². The molecule has 0 bridgehead atoms. The van der Waals surface area contributed by atoms with Crippen molar-refractivity contribution in [2.75, 3.05) is 12.5 Å². The lowest BCUT2D eigenvalue weighted by Gasteiger charge is -2.09. The molecular formula is C14H14Cl2O. The maximum Gasteiger partial charge on any atom is 0.127 e. The molecule has 90 valence electrons. The van der Waals surface area contributed by atoms with E-state index >= 15 is 0 Å². The highest BCUT2D eigenvalue weighted by molar-refractivity contribution is 6.35. The van der Waals surface area contributed by atoms with Crippen molar-refractivity contribution in [3.8, 4) is 5.75 Å². The molecule has 0 atom stereocenters. The van der Waals surface area contributed by atoms with E-state index in [0.29, 0.717) is 12.5 Å². The van der Waals surface area contributed by atoms with E-state index in [9.17, 15) is 0 Å². The third kappa shape index (κ3) is 3.05. The van der Waals surface area contributed by atoms with E-state index in [4.69, 9.17) is 27.9 Å². The standard InChI is InChI=1S/C14H14Cl2O/c15-9-3-4-10-17-14-8-7-13(16)11-5-1-2-6-12(11)14/h1-2,5-8H,3-4,9-10H2. The third-order valence-electron chi connectivity index (χ3n) is 2.62. The molecule has 0 saturated carbocycles. The summed E-state index contributed by atoms with van der Waals surface area (Å²) in [4.78, 5) is 0. The fourth-order valence-electron chi connectivity index (χ4n) is 1.74. The molecule has 0 aromatic heterocycles. The quantitative estimate of drug-likeness (QED) is 0.554. The minimum absolute atomic E-state index is 0.685. The van der Waals surface area contributed by atoms with Crippen molar-refractivity contribution in [3.63, 3.8) is 0 Å². The first kappa shape index (κ1) is 12.5. The second kappa shape index (κ2) is 6.13. The molecule has 0 amide bonds. The minimum atomic E-state index is 0.685. The molecule has 0 aliphatic carbocycles. The molecule has 0 radical (unpaired) electrons. The Morgan fingerprint density at radius 3 is 2.47 bits per heavy atom. The fraction of sp³-hybridized carbons (Fsp3) is 0.286. The largest absolute Gasteiger partial charge is 0.493 e. The van der Waals surface area contributed by atoms with Gasteiger partial charge in [-0.25, -0.2) is 0 Å². The maximum absolute atomic E-state index is 6.14. The molecule has 2 aromatic rings. The molecule has 1 nitrogen and oxygen atoms in total. The van der Waals surface area contributed by atoms with E-state index in [0.717, 1.165) is 34.4 Å². The summed E-state index contributed by atoms with van der Waals surface area (Å²) in [5.41, 5.74) is 0. The molecule has 0 aliphatic rings. The average Bonchev–Trinajstić information content (AvgIpc) is 2.37. The lowest BCUT2D eigenvalue weighted by Crippen LogP contribution is -1.98. The molecule has 2 rings (SSSR count). The monoisotopic (exact) mass is 268 g/mol. The normalized spacial score (nSPS) is 10.7. The van der Waals surface area contributed by atoms with E-state index in [2.05, 4.69) is 0 Å². The predicted octanol–water partition coefficient (Wildman–Crippen LogP) is 4.89. The van der Waals surface area contributed by atoms with Crippen LogP contribution in [-0.2, 0) is 0 Å². The van der Waals surface area contributed by atoms with E-state index in [1.54, 1.807) is 0 Å². The number of rotatable bonds is 5. The summed E-state index contributed by atoms with van der Waals surface area (Å²) < 4.78 is 5.76. The zero-order valence-corrected chi connectivity index (χ0v) is 11.0. The lowest BCUT2D eigenvalue weighted by atomic mass is 10.1. The summed E-state index contributed by atoms with van der Waals surface area (Å²) in [6.07, 6.45) is 1.95. The summed E-state index contributed by atoms with van der Waals surface area (Å²) in [7, 11) is 0. The maximum atomic E-state index is 6.14. The second-order valence-corrected chi connectivity index (χ2v) is 4.62. The van der Waals surface area contributed by atoms with Crippen LogP contribution in [0.1, 0.15) is 12.8 Å². The van der Waals surface area contributed by atoms with Crippen LogP contribution < -0.4 is 4.74 Å². The van der Waals surface area contributed by atoms with Gasteiger partial charge in [-0.05, 0) is 25.0 Å². The molecule has 0 unspecified atom stereocenters. The summed E-state index contributed by atoms with van der Waals surface area (Å²) in [5.74, 6) is 1.57. The SMILES string of the molecule is ClCCCCOc1ccc(Cl)c2ccccc12. The van der Waals surface area contributed by atoms with Gasteiger partial charge in [0.1, 0.15) is 5.75 Å². The van der Waals surface area contributed by atoms with Gasteiger partial charge in [0.15, 0.2) is 0 Å². The van der Waals surface area contributed by atoms with Crippen LogP contribution in [0.15, 0.2) is 36.4 Å². The third-order valence-corrected chi connectivity index (χ3v) is 3.21. The Bertz CT molecular complexity index is 497. The predicted molar refractivity (Wildman–Crippen MR) is 74.4 cm³/mol. The highest BCUT2D eigenvalue weighted by atomic mass is 35.5. The van der Waals surface area contributed by atoms with Gasteiger partial charge in [0.2, 0.25) is 0 Å². The number of benzene rings is 2. The zero-order chi connectivity index (χ0) is 12.1. The van der Waals surface area contributed by atoms with Crippen molar-refractivity contribution in [1.82, 2.24) is 0 Å². The van der Waals surface area contributed by atoms with Crippen LogP contribution in [0.2, 0.25) is 5.02 Å². The lowest BCUT2D eigenvalue weighted by molar-refractivity contribution is 0.313. The van der Waals surface area contributed by atoms with Crippen molar-refractivity contribution >= 4 is 34.0 Å². The molecule has 3 heteroatoms. The van der Waals surface area contributed by atoms with Gasteiger partial charge in [-0.2, -0.15) is 0 Å². The van der Waals surface area contributed by atoms with Crippen molar-refractivity contribution in [2.24, 2.45) is 0 Å². The second-order valence-electron chi connectivity index (χ2n) is 3.84. The minimum Gasteiger partial charge on any atom is -0.493 e. The van der Waals surface area contributed by atoms with E-state index < -0.39 is 0 Å². The number of ether oxygens (including phenoxy) is 1. The molecule has 17 heavy (non-hydrogen) atoms. The first-order chi connectivity index (χ1) is 8.33. The van der Waals surface area contributed by atoms with Crippen LogP contribution in [0, 0.1) is 0 Å². The topological polar surface area (TPSA) is 9.23 Å². The number of alkyl halides is 1. The van der Waals surface area contributed by atoms with Crippen LogP contribution in [0.25, 0.3) is 10.8 Å². The Morgan fingerprint density at radius 2 is 1.71 bits per heavy atom. The highest BCUT2D eigenvalue weighted by Crippen LogP contribution is 2.31. The van der Waals surface area contributed by atoms with Crippen molar-refractivity contribution in [2.45, 2.75) is 12.8 Å². The molecule has 2 aromatic carbocycles. The van der Waals surface area contributed by atoms with Crippen LogP contribution in [-0.4, -0.2) is 12.5 Å². The molecule has 0 heterocycles. The van der Waals surface area contributed by atoms with Crippen LogP contribution in [0.3, 0.4) is 0 Å². The number of unbranched alkanes of at least 4 members (excludes halogenated alkanes) is 1. The van der Waals surface area contributed by atoms with Crippen molar-refractivity contribution in [3.05, 3.63) is 41.4 Å². The Kier molecular flexibility index (Phi) is 4.52. The fourth-order valence-corrected chi connectivity index (χ4v) is 2.16. The Labute approximate surface area is 111 Å². The highest BCUT2D eigenvalue weighted by Gasteiger charge is 2.04. The van der Waals surface area contributed by atoms with E-state index in [1.165, 1.54) is 0 Å². The number of hydrogen-bond acceptors (Lipinski definition) is 1. The van der Waals surface area contributed by atoms with Gasteiger partial charge in [0.25, 0.3) is 0 Å². The molecular weight excluding hydrogens is 255 g/mol. The Morgan fingerprint density at radius 1 is 0.941 bits per heavy atom. The van der Waals surface area contributed by atoms with Crippen LogP contribution >= 0.6 is 23.2 Å². The van der Waals surface area contributed by atoms with Gasteiger partial charge in [0.05, 0.1) is 6.61 Å². The molecule has 0 fully saturated rings. The molecule has 0 aliphatic heterocycles. The smallest absolute Gasteiger partial charge is 0.127 e.